The van der Waals surface area contributed by atoms with Gasteiger partial charge in [0.2, 0.25) is 0 Å². The van der Waals surface area contributed by atoms with E-state index in [4.69, 9.17) is 15.3 Å². The minimum Gasteiger partial charge on any atom is -0.381 e. The molecule has 0 amide bonds. The Bertz CT molecular complexity index is 179. The van der Waals surface area contributed by atoms with Gasteiger partial charge < -0.3 is 9.47 Å². The van der Waals surface area contributed by atoms with Crippen molar-refractivity contribution in [2.24, 2.45) is 11.8 Å². The van der Waals surface area contributed by atoms with Crippen LogP contribution in [0.4, 0.5) is 0 Å². The highest BCUT2D eigenvalue weighted by molar-refractivity contribution is 4.83. The maximum atomic E-state index is 5.62. The largest absolute Gasteiger partial charge is 0.381 e. The predicted octanol–water partition coefficient (Wildman–Crippen LogP) is 1.06. The van der Waals surface area contributed by atoms with Crippen LogP contribution in [0.3, 0.4) is 0 Å². The fourth-order valence-electron chi connectivity index (χ4n) is 2.09. The first kappa shape index (κ1) is 12.9. The average molecular weight is 216 g/mol. The van der Waals surface area contributed by atoms with Crippen molar-refractivity contribution in [2.75, 3.05) is 20.3 Å². The van der Waals surface area contributed by atoms with Gasteiger partial charge in [0.05, 0.1) is 5.60 Å². The molecule has 1 aliphatic rings. The predicted molar refractivity (Wildman–Crippen MR) is 60.4 cm³/mol. The van der Waals surface area contributed by atoms with E-state index in [9.17, 15) is 0 Å². The number of nitrogens with one attached hydrogen (secondary N) is 1. The summed E-state index contributed by atoms with van der Waals surface area (Å²) >= 11 is 0. The summed E-state index contributed by atoms with van der Waals surface area (Å²) in [5, 5.41) is 0. The second-order valence-corrected chi connectivity index (χ2v) is 4.89. The third-order valence-electron chi connectivity index (χ3n) is 3.31. The first-order valence-electron chi connectivity index (χ1n) is 5.68. The monoisotopic (exact) mass is 216 g/mol. The Balaban J connectivity index is 2.46. The van der Waals surface area contributed by atoms with E-state index in [1.807, 2.05) is 0 Å². The van der Waals surface area contributed by atoms with Crippen molar-refractivity contribution >= 4 is 0 Å². The van der Waals surface area contributed by atoms with Gasteiger partial charge >= 0.3 is 0 Å². The molecule has 4 nitrogen and oxygen atoms in total. The van der Waals surface area contributed by atoms with Crippen LogP contribution in [0, 0.1) is 5.92 Å². The summed E-state index contributed by atoms with van der Waals surface area (Å²) in [6.07, 6.45) is 3.12. The third-order valence-corrected chi connectivity index (χ3v) is 3.31. The van der Waals surface area contributed by atoms with Crippen molar-refractivity contribution in [3.63, 3.8) is 0 Å². The third kappa shape index (κ3) is 4.07. The number of hydrazine groups is 1. The second-order valence-electron chi connectivity index (χ2n) is 4.89. The molecule has 90 valence electrons. The number of rotatable bonds is 5. The van der Waals surface area contributed by atoms with Crippen LogP contribution in [0.1, 0.15) is 33.1 Å². The van der Waals surface area contributed by atoms with E-state index in [1.165, 1.54) is 0 Å². The molecule has 0 aliphatic carbocycles. The summed E-state index contributed by atoms with van der Waals surface area (Å²) in [6.45, 7) is 5.90. The van der Waals surface area contributed by atoms with Gasteiger partial charge in [-0.25, -0.2) is 0 Å². The van der Waals surface area contributed by atoms with Crippen LogP contribution in [0.5, 0.6) is 0 Å². The lowest BCUT2D eigenvalue weighted by molar-refractivity contribution is -0.0106. The molecule has 0 saturated carbocycles. The lowest BCUT2D eigenvalue weighted by Gasteiger charge is -2.34. The van der Waals surface area contributed by atoms with Crippen LogP contribution in [0.15, 0.2) is 0 Å². The molecule has 0 aromatic heterocycles. The first-order valence-corrected chi connectivity index (χ1v) is 5.68. The van der Waals surface area contributed by atoms with Crippen LogP contribution < -0.4 is 11.3 Å². The molecule has 0 spiro atoms. The van der Waals surface area contributed by atoms with Gasteiger partial charge in [-0.3, -0.25) is 11.3 Å². The normalized spacial score (nSPS) is 21.6. The Morgan fingerprint density at radius 3 is 2.53 bits per heavy atom. The van der Waals surface area contributed by atoms with Gasteiger partial charge in [0, 0.05) is 26.4 Å². The highest BCUT2D eigenvalue weighted by atomic mass is 16.5. The van der Waals surface area contributed by atoms with Crippen molar-refractivity contribution < 1.29 is 9.47 Å². The minimum absolute atomic E-state index is 0.116. The van der Waals surface area contributed by atoms with Crippen molar-refractivity contribution in [1.29, 1.82) is 0 Å². The van der Waals surface area contributed by atoms with Crippen LogP contribution in [0.25, 0.3) is 0 Å². The van der Waals surface area contributed by atoms with Gasteiger partial charge in [0.15, 0.2) is 0 Å². The Kier molecular flexibility index (Phi) is 4.99. The zero-order valence-corrected chi connectivity index (χ0v) is 10.1. The van der Waals surface area contributed by atoms with Crippen molar-refractivity contribution in [2.45, 2.75) is 44.8 Å². The highest BCUT2D eigenvalue weighted by Crippen LogP contribution is 2.25. The number of ether oxygens (including phenoxy) is 2. The molecule has 0 aromatic rings. The van der Waals surface area contributed by atoms with E-state index in [-0.39, 0.29) is 5.60 Å². The van der Waals surface area contributed by atoms with Gasteiger partial charge in [-0.1, -0.05) is 0 Å². The highest BCUT2D eigenvalue weighted by Gasteiger charge is 2.29. The van der Waals surface area contributed by atoms with E-state index in [0.717, 1.165) is 32.5 Å². The first-order chi connectivity index (χ1) is 7.09. The van der Waals surface area contributed by atoms with Crippen LogP contribution in [-0.2, 0) is 9.47 Å². The zero-order chi connectivity index (χ0) is 11.3. The summed E-state index contributed by atoms with van der Waals surface area (Å²) in [4.78, 5) is 0. The van der Waals surface area contributed by atoms with Crippen LogP contribution >= 0.6 is 0 Å². The number of hydrogen-bond acceptors (Lipinski definition) is 4. The maximum Gasteiger partial charge on any atom is 0.0638 e. The van der Waals surface area contributed by atoms with Gasteiger partial charge in [0.1, 0.15) is 0 Å². The molecular weight excluding hydrogens is 192 g/mol. The van der Waals surface area contributed by atoms with E-state index in [0.29, 0.717) is 12.0 Å². The van der Waals surface area contributed by atoms with Gasteiger partial charge in [-0.05, 0) is 39.0 Å². The summed E-state index contributed by atoms with van der Waals surface area (Å²) < 4.78 is 10.8. The smallest absolute Gasteiger partial charge is 0.0638 e. The van der Waals surface area contributed by atoms with Gasteiger partial charge in [-0.2, -0.15) is 0 Å². The van der Waals surface area contributed by atoms with Crippen LogP contribution in [0.2, 0.25) is 0 Å². The molecule has 1 atom stereocenters. The van der Waals surface area contributed by atoms with Crippen molar-refractivity contribution in [1.82, 2.24) is 5.43 Å². The number of methoxy groups -OCH3 is 1. The molecule has 1 rings (SSSR count). The molecular formula is C11H24N2O2. The van der Waals surface area contributed by atoms with E-state index >= 15 is 0 Å². The molecule has 0 aromatic carbocycles. The molecule has 1 unspecified atom stereocenters. The van der Waals surface area contributed by atoms with Crippen LogP contribution in [-0.4, -0.2) is 32.0 Å². The minimum atomic E-state index is -0.116. The molecule has 0 bridgehead atoms. The number of hydrogen-bond donors (Lipinski definition) is 2. The Morgan fingerprint density at radius 2 is 2.07 bits per heavy atom. The van der Waals surface area contributed by atoms with Crippen molar-refractivity contribution in [3.05, 3.63) is 0 Å². The Hall–Kier alpha value is -0.160. The fourth-order valence-corrected chi connectivity index (χ4v) is 2.09. The summed E-state index contributed by atoms with van der Waals surface area (Å²) in [5.41, 5.74) is 2.81. The summed E-state index contributed by atoms with van der Waals surface area (Å²) in [7, 11) is 1.75. The van der Waals surface area contributed by atoms with E-state index < -0.39 is 0 Å². The van der Waals surface area contributed by atoms with Crippen molar-refractivity contribution in [3.8, 4) is 0 Å². The van der Waals surface area contributed by atoms with Gasteiger partial charge in [0.25, 0.3) is 0 Å². The standard InChI is InChI=1S/C11H24N2O2/c1-11(2,14-3)8-10(13-12)9-4-6-15-7-5-9/h9-10,13H,4-8,12H2,1-3H3. The van der Waals surface area contributed by atoms with E-state index in [1.54, 1.807) is 7.11 Å². The maximum absolute atomic E-state index is 5.62. The van der Waals surface area contributed by atoms with Gasteiger partial charge in [-0.15, -0.1) is 0 Å². The average Bonchev–Trinajstić information content (AvgIpc) is 2.27. The molecule has 15 heavy (non-hydrogen) atoms. The second kappa shape index (κ2) is 5.80. The SMILES string of the molecule is COC(C)(C)CC(NN)C1CCOCC1. The molecule has 1 aliphatic heterocycles. The molecule has 3 N–H and O–H groups in total. The molecule has 1 heterocycles. The fraction of sp³-hybridized carbons (Fsp3) is 1.00. The quantitative estimate of drug-likeness (QED) is 0.533. The topological polar surface area (TPSA) is 56.5 Å². The van der Waals surface area contributed by atoms with E-state index in [2.05, 4.69) is 19.3 Å². The molecule has 1 saturated heterocycles. The number of nitrogens with two attached hydrogens (primary N) is 1. The summed E-state index contributed by atoms with van der Waals surface area (Å²) in [5.74, 6) is 6.23. The summed E-state index contributed by atoms with van der Waals surface area (Å²) in [6, 6.07) is 0.323. The molecule has 1 fully saturated rings. The Labute approximate surface area is 92.5 Å². The lowest BCUT2D eigenvalue weighted by Crippen LogP contribution is -2.47. The molecule has 4 heteroatoms. The Morgan fingerprint density at radius 1 is 1.47 bits per heavy atom. The zero-order valence-electron chi connectivity index (χ0n) is 10.1. The molecule has 0 radical (unpaired) electrons. The lowest BCUT2D eigenvalue weighted by atomic mass is 9.85.